The highest BCUT2D eigenvalue weighted by atomic mass is 79.9. The van der Waals surface area contributed by atoms with Gasteiger partial charge < -0.3 is 14.5 Å². The summed E-state index contributed by atoms with van der Waals surface area (Å²) in [7, 11) is -3.38. The molecule has 9 heteroatoms. The Morgan fingerprint density at radius 1 is 1.20 bits per heavy atom. The van der Waals surface area contributed by atoms with Gasteiger partial charge in [0, 0.05) is 30.7 Å². The van der Waals surface area contributed by atoms with Gasteiger partial charge in [0.1, 0.15) is 5.60 Å². The van der Waals surface area contributed by atoms with E-state index in [9.17, 15) is 13.2 Å². The number of amides is 1. The van der Waals surface area contributed by atoms with E-state index >= 15 is 0 Å². The van der Waals surface area contributed by atoms with Gasteiger partial charge in [-0.3, -0.25) is 4.72 Å². The van der Waals surface area contributed by atoms with Crippen molar-refractivity contribution in [1.82, 2.24) is 4.90 Å². The van der Waals surface area contributed by atoms with Crippen molar-refractivity contribution in [2.45, 2.75) is 26.4 Å². The van der Waals surface area contributed by atoms with Crippen molar-refractivity contribution in [3.8, 4) is 0 Å². The summed E-state index contributed by atoms with van der Waals surface area (Å²) in [5.74, 6) is 0. The molecular weight excluding hydrogens is 410 g/mol. The molecular formula is C16H24BrN3O4S. The predicted molar refractivity (Wildman–Crippen MR) is 103 cm³/mol. The van der Waals surface area contributed by atoms with Crippen LogP contribution in [0.1, 0.15) is 20.8 Å². The molecule has 25 heavy (non-hydrogen) atoms. The third-order valence-corrected chi connectivity index (χ3v) is 4.61. The fourth-order valence-electron chi connectivity index (χ4n) is 2.52. The molecule has 140 valence electrons. The molecule has 2 rings (SSSR count). The van der Waals surface area contributed by atoms with E-state index in [4.69, 9.17) is 4.74 Å². The molecule has 1 heterocycles. The van der Waals surface area contributed by atoms with Crippen LogP contribution in [0.5, 0.6) is 0 Å². The number of benzene rings is 1. The van der Waals surface area contributed by atoms with Crippen molar-refractivity contribution < 1.29 is 17.9 Å². The third kappa shape index (κ3) is 6.07. The highest BCUT2D eigenvalue weighted by Gasteiger charge is 2.27. The summed E-state index contributed by atoms with van der Waals surface area (Å²) in [6.45, 7) is 7.75. The molecule has 1 aromatic carbocycles. The number of rotatable bonds is 3. The summed E-state index contributed by atoms with van der Waals surface area (Å²) in [5, 5.41) is 0. The third-order valence-electron chi connectivity index (χ3n) is 3.53. The van der Waals surface area contributed by atoms with E-state index in [2.05, 4.69) is 25.6 Å². The Morgan fingerprint density at radius 2 is 1.80 bits per heavy atom. The smallest absolute Gasteiger partial charge is 0.410 e. The van der Waals surface area contributed by atoms with E-state index in [0.29, 0.717) is 31.9 Å². The van der Waals surface area contributed by atoms with Crippen LogP contribution in [-0.2, 0) is 14.8 Å². The lowest BCUT2D eigenvalue weighted by molar-refractivity contribution is 0.0240. The van der Waals surface area contributed by atoms with Crippen molar-refractivity contribution in [1.29, 1.82) is 0 Å². The van der Waals surface area contributed by atoms with E-state index in [1.165, 1.54) is 0 Å². The van der Waals surface area contributed by atoms with Gasteiger partial charge in [0.05, 0.1) is 17.6 Å². The monoisotopic (exact) mass is 433 g/mol. The Hall–Kier alpha value is -1.48. The average Bonchev–Trinajstić information content (AvgIpc) is 2.44. The molecule has 7 nitrogen and oxygen atoms in total. The van der Waals surface area contributed by atoms with Crippen molar-refractivity contribution in [3.63, 3.8) is 0 Å². The van der Waals surface area contributed by atoms with Crippen molar-refractivity contribution in [2.75, 3.05) is 42.1 Å². The summed E-state index contributed by atoms with van der Waals surface area (Å²) >= 11 is 3.36. The van der Waals surface area contributed by atoms with E-state index in [1.54, 1.807) is 11.0 Å². The molecule has 0 aromatic heterocycles. The number of ether oxygens (including phenoxy) is 1. The Bertz CT molecular complexity index is 738. The Labute approximate surface area is 157 Å². The second kappa shape index (κ2) is 7.41. The van der Waals surface area contributed by atoms with Crippen LogP contribution in [-0.4, -0.2) is 57.4 Å². The minimum Gasteiger partial charge on any atom is -0.444 e. The van der Waals surface area contributed by atoms with Gasteiger partial charge >= 0.3 is 6.09 Å². The van der Waals surface area contributed by atoms with E-state index in [0.717, 1.165) is 16.4 Å². The highest BCUT2D eigenvalue weighted by molar-refractivity contribution is 9.10. The maximum Gasteiger partial charge on any atom is 0.410 e. The van der Waals surface area contributed by atoms with Crippen molar-refractivity contribution in [3.05, 3.63) is 22.7 Å². The minimum atomic E-state index is -3.38. The number of nitrogens with one attached hydrogen (secondary N) is 1. The minimum absolute atomic E-state index is 0.322. The van der Waals surface area contributed by atoms with Crippen LogP contribution in [0.25, 0.3) is 0 Å². The Kier molecular flexibility index (Phi) is 5.88. The van der Waals surface area contributed by atoms with Gasteiger partial charge in [0.25, 0.3) is 0 Å². The number of halogens is 1. The van der Waals surface area contributed by atoms with Gasteiger partial charge in [-0.1, -0.05) is 15.9 Å². The number of carbonyl (C=O) groups excluding carboxylic acids is 1. The first-order valence-electron chi connectivity index (χ1n) is 7.95. The lowest BCUT2D eigenvalue weighted by Gasteiger charge is -2.37. The molecule has 1 amide bonds. The summed E-state index contributed by atoms with van der Waals surface area (Å²) in [5.41, 5.74) is 0.784. The van der Waals surface area contributed by atoms with Gasteiger partial charge in [-0.15, -0.1) is 0 Å². The van der Waals surface area contributed by atoms with Crippen LogP contribution in [0, 0.1) is 0 Å². The van der Waals surface area contributed by atoms with Crippen molar-refractivity contribution in [2.24, 2.45) is 0 Å². The van der Waals surface area contributed by atoms with Crippen LogP contribution >= 0.6 is 15.9 Å². The van der Waals surface area contributed by atoms with E-state index in [-0.39, 0.29) is 6.09 Å². The van der Waals surface area contributed by atoms with Gasteiger partial charge in [-0.2, -0.15) is 0 Å². The molecule has 1 fully saturated rings. The second-order valence-electron chi connectivity index (χ2n) is 6.99. The number of carbonyl (C=O) groups is 1. The molecule has 0 spiro atoms. The number of hydrogen-bond donors (Lipinski definition) is 1. The fraction of sp³-hybridized carbons (Fsp3) is 0.562. The van der Waals surface area contributed by atoms with Crippen molar-refractivity contribution >= 4 is 43.4 Å². The first-order valence-corrected chi connectivity index (χ1v) is 10.6. The highest BCUT2D eigenvalue weighted by Crippen LogP contribution is 2.31. The zero-order chi connectivity index (χ0) is 18.8. The molecule has 0 saturated carbocycles. The molecule has 1 N–H and O–H groups in total. The molecule has 1 aromatic rings. The largest absolute Gasteiger partial charge is 0.444 e. The Balaban J connectivity index is 2.09. The first kappa shape index (κ1) is 19.8. The molecule has 0 bridgehead atoms. The first-order chi connectivity index (χ1) is 11.4. The van der Waals surface area contributed by atoms with Gasteiger partial charge in [0.2, 0.25) is 10.0 Å². The van der Waals surface area contributed by atoms with Crippen LogP contribution < -0.4 is 9.62 Å². The van der Waals surface area contributed by atoms with Crippen LogP contribution in [0.4, 0.5) is 16.2 Å². The summed E-state index contributed by atoms with van der Waals surface area (Å²) < 4.78 is 31.9. The van der Waals surface area contributed by atoms with E-state index < -0.39 is 15.6 Å². The van der Waals surface area contributed by atoms with E-state index in [1.807, 2.05) is 32.9 Å². The maximum atomic E-state index is 12.1. The molecule has 1 saturated heterocycles. The number of hydrogen-bond acceptors (Lipinski definition) is 5. The van der Waals surface area contributed by atoms with Crippen LogP contribution in [0.3, 0.4) is 0 Å². The van der Waals surface area contributed by atoms with Gasteiger partial charge in [-0.05, 0) is 39.0 Å². The molecule has 1 aliphatic rings. The summed E-state index contributed by atoms with van der Waals surface area (Å²) in [4.78, 5) is 15.9. The predicted octanol–water partition coefficient (Wildman–Crippen LogP) is 2.88. The molecule has 1 aliphatic heterocycles. The topological polar surface area (TPSA) is 79.0 Å². The summed E-state index contributed by atoms with van der Waals surface area (Å²) in [6, 6.07) is 5.46. The number of nitrogens with zero attached hydrogens (tertiary/aromatic N) is 2. The zero-order valence-electron chi connectivity index (χ0n) is 14.9. The quantitative estimate of drug-likeness (QED) is 0.792. The molecule has 0 atom stereocenters. The Morgan fingerprint density at radius 3 is 2.32 bits per heavy atom. The lowest BCUT2D eigenvalue weighted by atomic mass is 10.2. The lowest BCUT2D eigenvalue weighted by Crippen LogP contribution is -2.50. The number of anilines is 2. The standard InChI is InChI=1S/C16H24BrN3O4S/c1-16(2,3)24-15(21)20-9-7-19(8-10-20)14-6-5-12(17)11-13(14)18-25(4,22)23/h5-6,11,18H,7-10H2,1-4H3. The van der Waals surface area contributed by atoms with Gasteiger partial charge in [0.15, 0.2) is 0 Å². The van der Waals surface area contributed by atoms with Crippen LogP contribution in [0.15, 0.2) is 22.7 Å². The zero-order valence-corrected chi connectivity index (χ0v) is 17.3. The maximum absolute atomic E-state index is 12.1. The fourth-order valence-corrected chi connectivity index (χ4v) is 3.45. The summed E-state index contributed by atoms with van der Waals surface area (Å²) in [6.07, 6.45) is 0.801. The normalized spacial score (nSPS) is 15.9. The molecule has 0 aliphatic carbocycles. The number of piperazine rings is 1. The second-order valence-corrected chi connectivity index (χ2v) is 9.65. The average molecular weight is 434 g/mol. The molecule has 0 radical (unpaired) electrons. The SMILES string of the molecule is CC(C)(C)OC(=O)N1CCN(c2ccc(Br)cc2NS(C)(=O)=O)CC1. The number of sulfonamides is 1. The van der Waals surface area contributed by atoms with Gasteiger partial charge in [-0.25, -0.2) is 13.2 Å². The molecule has 0 unspecified atom stereocenters. The van der Waals surface area contributed by atoms with Crippen LogP contribution in [0.2, 0.25) is 0 Å².